The summed E-state index contributed by atoms with van der Waals surface area (Å²) >= 11 is 0.708. The number of sulfone groups is 1. The summed E-state index contributed by atoms with van der Waals surface area (Å²) in [4.78, 5) is 15.9. The van der Waals surface area contributed by atoms with Crippen LogP contribution in [0.2, 0.25) is 0 Å². The van der Waals surface area contributed by atoms with Crippen molar-refractivity contribution >= 4 is 38.5 Å². The fourth-order valence-corrected chi connectivity index (χ4v) is 3.49. The molecule has 2 aromatic heterocycles. The first-order valence-corrected chi connectivity index (χ1v) is 10.2. The third-order valence-electron chi connectivity index (χ3n) is 3.30. The number of benzene rings is 1. The van der Waals surface area contributed by atoms with Crippen LogP contribution in [0.1, 0.15) is 5.76 Å². The van der Waals surface area contributed by atoms with Crippen molar-refractivity contribution in [3.05, 3.63) is 53.8 Å². The average Bonchev–Trinajstić information content (AvgIpc) is 3.29. The smallest absolute Gasteiger partial charge is 0.268 e. The van der Waals surface area contributed by atoms with Gasteiger partial charge in [-0.25, -0.2) is 8.42 Å². The van der Waals surface area contributed by atoms with Gasteiger partial charge in [0.05, 0.1) is 0 Å². The number of amides is 1. The van der Waals surface area contributed by atoms with E-state index >= 15 is 0 Å². The molecule has 1 amide bonds. The molecule has 136 valence electrons. The van der Waals surface area contributed by atoms with E-state index in [9.17, 15) is 18.5 Å². The molecule has 0 bridgehead atoms. The van der Waals surface area contributed by atoms with E-state index in [1.807, 2.05) is 30.3 Å². The molecule has 10 heteroatoms. The van der Waals surface area contributed by atoms with Crippen LogP contribution in [0.15, 0.2) is 57.6 Å². The Morgan fingerprint density at radius 1 is 1.26 bits per heavy atom. The number of nitrogens with one attached hydrogen (secondary N) is 1. The Morgan fingerprint density at radius 2 is 2.00 bits per heavy atom. The number of aromatic nitrogens is 2. The number of carbonyl (C=O) groups is 1. The lowest BCUT2D eigenvalue weighted by Gasteiger charge is -1.98. The molecule has 0 spiro atoms. The number of anilines is 1. The van der Waals surface area contributed by atoms with Crippen molar-refractivity contribution in [1.82, 2.24) is 9.36 Å². The zero-order valence-electron chi connectivity index (χ0n) is 13.9. The summed E-state index contributed by atoms with van der Waals surface area (Å²) in [5.41, 5.74) is 0.641. The highest BCUT2D eigenvalue weighted by molar-refractivity contribution is 7.90. The largest absolute Gasteiger partial charge is 0.457 e. The second-order valence-corrected chi connectivity index (χ2v) is 8.01. The molecule has 1 N–H and O–H groups in total. The molecule has 0 aliphatic carbocycles. The molecule has 0 fully saturated rings. The van der Waals surface area contributed by atoms with Crippen LogP contribution in [0, 0.1) is 11.3 Å². The average molecular weight is 400 g/mol. The van der Waals surface area contributed by atoms with Crippen molar-refractivity contribution in [2.24, 2.45) is 0 Å². The van der Waals surface area contributed by atoms with Crippen molar-refractivity contribution < 1.29 is 17.6 Å². The van der Waals surface area contributed by atoms with Gasteiger partial charge in [-0.3, -0.25) is 10.1 Å². The Labute approximate surface area is 158 Å². The molecule has 3 rings (SSSR count). The zero-order chi connectivity index (χ0) is 19.4. The first kappa shape index (κ1) is 18.5. The molecule has 0 radical (unpaired) electrons. The van der Waals surface area contributed by atoms with Crippen LogP contribution in [0.5, 0.6) is 0 Å². The Balaban J connectivity index is 1.78. The molecule has 3 aromatic rings. The van der Waals surface area contributed by atoms with Crippen LogP contribution >= 0.6 is 11.5 Å². The molecule has 8 nitrogen and oxygen atoms in total. The first-order valence-electron chi connectivity index (χ1n) is 7.49. The summed E-state index contributed by atoms with van der Waals surface area (Å²) in [5, 5.41) is 11.2. The van der Waals surface area contributed by atoms with Gasteiger partial charge in [-0.2, -0.15) is 14.6 Å². The lowest BCUT2D eigenvalue weighted by Crippen LogP contribution is -2.13. The molecule has 0 saturated heterocycles. The quantitative estimate of drug-likeness (QED) is 0.515. The second kappa shape index (κ2) is 7.53. The summed E-state index contributed by atoms with van der Waals surface area (Å²) in [7, 11) is -3.57. The molecule has 27 heavy (non-hydrogen) atoms. The number of hydrogen-bond acceptors (Lipinski definition) is 8. The SMILES string of the molecule is CS(=O)(=O)c1nsc(NC(=O)/C(C#N)=C\c2ccc(-c3ccccc3)o2)n1. The van der Waals surface area contributed by atoms with E-state index < -0.39 is 15.7 Å². The van der Waals surface area contributed by atoms with Gasteiger partial charge in [0.25, 0.3) is 11.1 Å². The van der Waals surface area contributed by atoms with E-state index in [4.69, 9.17) is 4.42 Å². The van der Waals surface area contributed by atoms with Gasteiger partial charge in [0.15, 0.2) is 0 Å². The highest BCUT2D eigenvalue weighted by Gasteiger charge is 2.17. The number of rotatable bonds is 5. The Hall–Kier alpha value is -3.29. The highest BCUT2D eigenvalue weighted by Crippen LogP contribution is 2.23. The minimum absolute atomic E-state index is 0.0222. The van der Waals surface area contributed by atoms with Crippen LogP contribution in [0.4, 0.5) is 5.13 Å². The normalized spacial score (nSPS) is 11.8. The van der Waals surface area contributed by atoms with Crippen molar-refractivity contribution in [3.8, 4) is 17.4 Å². The fraction of sp³-hybridized carbons (Fsp3) is 0.0588. The van der Waals surface area contributed by atoms with Crippen LogP contribution in [-0.2, 0) is 14.6 Å². The topological polar surface area (TPSA) is 126 Å². The number of hydrogen-bond donors (Lipinski definition) is 1. The molecular weight excluding hydrogens is 388 g/mol. The van der Waals surface area contributed by atoms with E-state index in [-0.39, 0.29) is 15.9 Å². The predicted molar refractivity (Wildman–Crippen MR) is 99.4 cm³/mol. The van der Waals surface area contributed by atoms with Gasteiger partial charge in [0.2, 0.25) is 15.0 Å². The lowest BCUT2D eigenvalue weighted by molar-refractivity contribution is -0.112. The number of nitriles is 1. The molecule has 0 saturated carbocycles. The van der Waals surface area contributed by atoms with Crippen molar-refractivity contribution in [2.45, 2.75) is 5.16 Å². The van der Waals surface area contributed by atoms with Crippen LogP contribution in [0.3, 0.4) is 0 Å². The van der Waals surface area contributed by atoms with E-state index in [0.717, 1.165) is 11.8 Å². The molecular formula is C17H12N4O4S2. The van der Waals surface area contributed by atoms with Crippen molar-refractivity contribution in [1.29, 1.82) is 5.26 Å². The summed E-state index contributed by atoms with van der Waals surface area (Å²) < 4.78 is 32.0. The minimum Gasteiger partial charge on any atom is -0.457 e. The monoisotopic (exact) mass is 400 g/mol. The van der Waals surface area contributed by atoms with Gasteiger partial charge in [-0.15, -0.1) is 0 Å². The van der Waals surface area contributed by atoms with Gasteiger partial charge in [-0.05, 0) is 12.1 Å². The first-order chi connectivity index (χ1) is 12.9. The highest BCUT2D eigenvalue weighted by atomic mass is 32.2. The number of furan rings is 1. The Kier molecular flexibility index (Phi) is 5.16. The van der Waals surface area contributed by atoms with Gasteiger partial charge in [0.1, 0.15) is 23.2 Å². The maximum Gasteiger partial charge on any atom is 0.268 e. The van der Waals surface area contributed by atoms with Crippen LogP contribution in [-0.4, -0.2) is 29.9 Å². The lowest BCUT2D eigenvalue weighted by atomic mass is 10.2. The van der Waals surface area contributed by atoms with E-state index in [1.165, 1.54) is 6.08 Å². The Bertz CT molecular complexity index is 1160. The molecule has 1 aromatic carbocycles. The summed E-state index contributed by atoms with van der Waals surface area (Å²) in [6.45, 7) is 0. The summed E-state index contributed by atoms with van der Waals surface area (Å²) in [5.74, 6) is 0.183. The van der Waals surface area contributed by atoms with Crippen molar-refractivity contribution in [2.75, 3.05) is 11.6 Å². The number of nitrogens with zero attached hydrogens (tertiary/aromatic N) is 3. The van der Waals surface area contributed by atoms with Gasteiger partial charge >= 0.3 is 0 Å². The minimum atomic E-state index is -3.57. The van der Waals surface area contributed by atoms with Crippen LogP contribution < -0.4 is 5.32 Å². The maximum absolute atomic E-state index is 12.2. The third-order valence-corrected chi connectivity index (χ3v) is 4.89. The standard InChI is InChI=1S/C17H12N4O4S2/c1-27(23,24)17-20-16(26-21-17)19-15(22)12(10-18)9-13-7-8-14(25-13)11-5-3-2-4-6-11/h2-9H,1H3,(H,19,20,21,22)/b12-9-. The van der Waals surface area contributed by atoms with Gasteiger partial charge in [0, 0.05) is 29.4 Å². The van der Waals surface area contributed by atoms with Crippen molar-refractivity contribution in [3.63, 3.8) is 0 Å². The van der Waals surface area contributed by atoms with E-state index in [0.29, 0.717) is 23.1 Å². The number of carbonyl (C=O) groups excluding carboxylic acids is 1. The van der Waals surface area contributed by atoms with Crippen LogP contribution in [0.25, 0.3) is 17.4 Å². The maximum atomic E-state index is 12.2. The van der Waals surface area contributed by atoms with E-state index in [2.05, 4.69) is 14.7 Å². The Morgan fingerprint density at radius 3 is 2.63 bits per heavy atom. The summed E-state index contributed by atoms with van der Waals surface area (Å²) in [6.07, 6.45) is 2.25. The molecule has 0 aliphatic rings. The third kappa shape index (κ3) is 4.46. The second-order valence-electron chi connectivity index (χ2n) is 5.35. The van der Waals surface area contributed by atoms with Gasteiger partial charge < -0.3 is 4.42 Å². The zero-order valence-corrected chi connectivity index (χ0v) is 15.5. The molecule has 0 aliphatic heterocycles. The fourth-order valence-electron chi connectivity index (χ4n) is 2.05. The molecule has 0 unspecified atom stereocenters. The molecule has 2 heterocycles. The van der Waals surface area contributed by atoms with E-state index in [1.54, 1.807) is 18.2 Å². The predicted octanol–water partition coefficient (Wildman–Crippen LogP) is 2.75. The summed E-state index contributed by atoms with van der Waals surface area (Å²) in [6, 6.07) is 14.5. The molecule has 0 atom stereocenters. The van der Waals surface area contributed by atoms with Gasteiger partial charge in [-0.1, -0.05) is 30.3 Å².